The van der Waals surface area contributed by atoms with Crippen molar-refractivity contribution in [3.05, 3.63) is 22.1 Å². The molecular weight excluding hydrogens is 174 g/mol. The Morgan fingerprint density at radius 2 is 2.38 bits per heavy atom. The van der Waals surface area contributed by atoms with Gasteiger partial charge in [-0.2, -0.15) is 0 Å². The number of hydrogen-bond acceptors (Lipinski definition) is 4. The molecule has 0 radical (unpaired) electrons. The van der Waals surface area contributed by atoms with Gasteiger partial charge in [-0.25, -0.2) is 4.98 Å². The van der Waals surface area contributed by atoms with Crippen molar-refractivity contribution in [1.82, 2.24) is 9.97 Å². The molecule has 0 aliphatic rings. The van der Waals surface area contributed by atoms with Crippen LogP contribution in [0.1, 0.15) is 18.5 Å². The molecule has 0 aliphatic heterocycles. The highest BCUT2D eigenvalue weighted by Crippen LogP contribution is 2.10. The Labute approximate surface area is 73.4 Å². The summed E-state index contributed by atoms with van der Waals surface area (Å²) in [5, 5.41) is 8.62. The van der Waals surface area contributed by atoms with E-state index in [-0.39, 0.29) is 11.6 Å². The number of aliphatic carboxylic acids is 1. The van der Waals surface area contributed by atoms with Crippen molar-refractivity contribution in [2.24, 2.45) is 0 Å². The molecule has 0 spiro atoms. The van der Waals surface area contributed by atoms with E-state index in [0.29, 0.717) is 0 Å². The molecule has 0 saturated carbocycles. The number of carboxylic acid groups (broad SMARTS) is 1. The Morgan fingerprint density at radius 3 is 2.85 bits per heavy atom. The van der Waals surface area contributed by atoms with Gasteiger partial charge in [-0.3, -0.25) is 14.6 Å². The highest BCUT2D eigenvalue weighted by molar-refractivity contribution is 5.74. The van der Waals surface area contributed by atoms with Crippen LogP contribution in [0.25, 0.3) is 0 Å². The lowest BCUT2D eigenvalue weighted by Gasteiger charge is -2.04. The van der Waals surface area contributed by atoms with Crippen molar-refractivity contribution in [2.75, 3.05) is 5.73 Å². The lowest BCUT2D eigenvalue weighted by atomic mass is 10.1. The molecule has 13 heavy (non-hydrogen) atoms. The summed E-state index contributed by atoms with van der Waals surface area (Å²) in [6.45, 7) is 1.43. The van der Waals surface area contributed by atoms with Gasteiger partial charge in [0.25, 0.3) is 5.56 Å². The van der Waals surface area contributed by atoms with E-state index in [9.17, 15) is 9.59 Å². The first kappa shape index (κ1) is 9.24. The topological polar surface area (TPSA) is 109 Å². The van der Waals surface area contributed by atoms with E-state index >= 15 is 0 Å². The van der Waals surface area contributed by atoms with Crippen molar-refractivity contribution in [2.45, 2.75) is 12.8 Å². The van der Waals surface area contributed by atoms with E-state index in [4.69, 9.17) is 10.8 Å². The van der Waals surface area contributed by atoms with E-state index < -0.39 is 17.4 Å². The quantitative estimate of drug-likeness (QED) is 0.574. The monoisotopic (exact) mass is 183 g/mol. The number of hydrogen-bond donors (Lipinski definition) is 3. The Balaban J connectivity index is 3.15. The van der Waals surface area contributed by atoms with Crippen LogP contribution in [0.5, 0.6) is 0 Å². The van der Waals surface area contributed by atoms with Crippen LogP contribution in [0.15, 0.2) is 10.9 Å². The summed E-state index contributed by atoms with van der Waals surface area (Å²) in [7, 11) is 0. The molecule has 1 aromatic rings. The van der Waals surface area contributed by atoms with Gasteiger partial charge in [-0.15, -0.1) is 0 Å². The molecule has 0 amide bonds. The molecule has 4 N–H and O–H groups in total. The van der Waals surface area contributed by atoms with Crippen LogP contribution in [0.2, 0.25) is 0 Å². The molecule has 0 bridgehead atoms. The summed E-state index contributed by atoms with van der Waals surface area (Å²) in [6.07, 6.45) is 0. The van der Waals surface area contributed by atoms with Crippen LogP contribution in [0.3, 0.4) is 0 Å². The van der Waals surface area contributed by atoms with Crippen molar-refractivity contribution in [1.29, 1.82) is 0 Å². The highest BCUT2D eigenvalue weighted by atomic mass is 16.4. The lowest BCUT2D eigenvalue weighted by Crippen LogP contribution is -2.17. The van der Waals surface area contributed by atoms with E-state index in [1.165, 1.54) is 6.92 Å². The fourth-order valence-electron chi connectivity index (χ4n) is 0.844. The number of nitrogens with one attached hydrogen (secondary N) is 1. The van der Waals surface area contributed by atoms with Crippen LogP contribution in [0, 0.1) is 0 Å². The molecule has 1 aromatic heterocycles. The largest absolute Gasteiger partial charge is 0.481 e. The summed E-state index contributed by atoms with van der Waals surface area (Å²) in [4.78, 5) is 27.3. The predicted molar refractivity (Wildman–Crippen MR) is 45.3 cm³/mol. The SMILES string of the molecule is CC(C(=O)O)c1cc(=O)[nH]c(N)n1. The van der Waals surface area contributed by atoms with Gasteiger partial charge in [-0.1, -0.05) is 0 Å². The third kappa shape index (κ3) is 2.05. The number of aromatic nitrogens is 2. The zero-order valence-corrected chi connectivity index (χ0v) is 6.94. The van der Waals surface area contributed by atoms with Crippen molar-refractivity contribution in [3.8, 4) is 0 Å². The van der Waals surface area contributed by atoms with Gasteiger partial charge in [0, 0.05) is 6.07 Å². The van der Waals surface area contributed by atoms with Gasteiger partial charge in [0.2, 0.25) is 5.95 Å². The van der Waals surface area contributed by atoms with Crippen LogP contribution in [-0.4, -0.2) is 21.0 Å². The minimum atomic E-state index is -1.04. The molecule has 6 nitrogen and oxygen atoms in total. The molecule has 0 aromatic carbocycles. The average molecular weight is 183 g/mol. The maximum atomic E-state index is 10.9. The maximum absolute atomic E-state index is 10.9. The van der Waals surface area contributed by atoms with Crippen LogP contribution in [0.4, 0.5) is 5.95 Å². The third-order valence-electron chi connectivity index (χ3n) is 1.59. The van der Waals surface area contributed by atoms with E-state index in [1.807, 2.05) is 0 Å². The van der Waals surface area contributed by atoms with Gasteiger partial charge in [0.1, 0.15) is 0 Å². The molecule has 1 rings (SSSR count). The van der Waals surface area contributed by atoms with Gasteiger partial charge in [-0.05, 0) is 6.92 Å². The zero-order chi connectivity index (χ0) is 10.0. The lowest BCUT2D eigenvalue weighted by molar-refractivity contribution is -0.138. The molecule has 0 aliphatic carbocycles. The number of carbonyl (C=O) groups is 1. The summed E-state index contributed by atoms with van der Waals surface area (Å²) in [6, 6.07) is 1.12. The van der Waals surface area contributed by atoms with E-state index in [2.05, 4.69) is 9.97 Å². The number of nitrogens with two attached hydrogens (primary N) is 1. The highest BCUT2D eigenvalue weighted by Gasteiger charge is 2.15. The third-order valence-corrected chi connectivity index (χ3v) is 1.59. The molecule has 0 fully saturated rings. The van der Waals surface area contributed by atoms with Crippen molar-refractivity contribution < 1.29 is 9.90 Å². The number of rotatable bonds is 2. The van der Waals surface area contributed by atoms with Gasteiger partial charge >= 0.3 is 5.97 Å². The first-order valence-corrected chi connectivity index (χ1v) is 3.60. The fourth-order valence-corrected chi connectivity index (χ4v) is 0.844. The zero-order valence-electron chi connectivity index (χ0n) is 6.94. The minimum Gasteiger partial charge on any atom is -0.481 e. The summed E-state index contributed by atoms with van der Waals surface area (Å²) >= 11 is 0. The van der Waals surface area contributed by atoms with Crippen molar-refractivity contribution >= 4 is 11.9 Å². The molecule has 1 unspecified atom stereocenters. The molecule has 70 valence electrons. The summed E-state index contributed by atoms with van der Waals surface area (Å²) in [5.41, 5.74) is 4.95. The van der Waals surface area contributed by atoms with Gasteiger partial charge in [0.15, 0.2) is 0 Å². The Morgan fingerprint density at radius 1 is 1.77 bits per heavy atom. The van der Waals surface area contributed by atoms with Crippen LogP contribution < -0.4 is 11.3 Å². The summed E-state index contributed by atoms with van der Waals surface area (Å²) < 4.78 is 0. The van der Waals surface area contributed by atoms with Gasteiger partial charge < -0.3 is 10.8 Å². The number of H-pyrrole nitrogens is 1. The van der Waals surface area contributed by atoms with Crippen molar-refractivity contribution in [3.63, 3.8) is 0 Å². The van der Waals surface area contributed by atoms with E-state index in [1.54, 1.807) is 0 Å². The number of nitrogen functional groups attached to an aromatic ring is 1. The Hall–Kier alpha value is -1.85. The standard InChI is InChI=1S/C7H9N3O3/c1-3(6(12)13)4-2-5(11)10-7(8)9-4/h2-3H,1H3,(H,12,13)(H3,8,9,10,11). The first-order valence-electron chi connectivity index (χ1n) is 3.60. The molecule has 1 heterocycles. The number of aromatic amines is 1. The normalized spacial score (nSPS) is 12.4. The Bertz CT molecular complexity index is 385. The second kappa shape index (κ2) is 3.26. The minimum absolute atomic E-state index is 0.0735. The van der Waals surface area contributed by atoms with Crippen LogP contribution >= 0.6 is 0 Å². The molecular formula is C7H9N3O3. The second-order valence-electron chi connectivity index (χ2n) is 2.62. The molecule has 0 saturated heterocycles. The van der Waals surface area contributed by atoms with Crippen LogP contribution in [-0.2, 0) is 4.79 Å². The molecule has 6 heteroatoms. The Kier molecular flexibility index (Phi) is 2.32. The maximum Gasteiger partial charge on any atom is 0.312 e. The number of anilines is 1. The number of carboxylic acids is 1. The smallest absolute Gasteiger partial charge is 0.312 e. The average Bonchev–Trinajstić information content (AvgIpc) is 2.01. The molecule has 1 atom stereocenters. The summed E-state index contributed by atoms with van der Waals surface area (Å²) in [5.74, 6) is -1.95. The predicted octanol–water partition coefficient (Wildman–Crippen LogP) is -0.460. The van der Waals surface area contributed by atoms with Gasteiger partial charge in [0.05, 0.1) is 11.6 Å². The number of nitrogens with zero attached hydrogens (tertiary/aromatic N) is 1. The fraction of sp³-hybridized carbons (Fsp3) is 0.286. The first-order chi connectivity index (χ1) is 6.00. The second-order valence-corrected chi connectivity index (χ2v) is 2.62. The van der Waals surface area contributed by atoms with E-state index in [0.717, 1.165) is 6.07 Å².